The third-order valence-corrected chi connectivity index (χ3v) is 3.14. The highest BCUT2D eigenvalue weighted by atomic mass is 35.5. The third-order valence-electron chi connectivity index (χ3n) is 2.91. The molecule has 5 nitrogen and oxygen atoms in total. The largest absolute Gasteiger partial charge is 0.444 e. The van der Waals surface area contributed by atoms with Gasteiger partial charge >= 0.3 is 6.09 Å². The Morgan fingerprint density at radius 2 is 2.14 bits per heavy atom. The monoisotopic (exact) mass is 313 g/mol. The molecule has 6 heteroatoms. The number of pyridine rings is 1. The molecule has 118 valence electrons. The zero-order valence-corrected chi connectivity index (χ0v) is 14.1. The summed E-state index contributed by atoms with van der Waals surface area (Å²) < 4.78 is 5.21. The first kappa shape index (κ1) is 17.7. The summed E-state index contributed by atoms with van der Waals surface area (Å²) in [5.74, 6) is 0. The summed E-state index contributed by atoms with van der Waals surface area (Å²) >= 11 is 5.76. The first-order valence-corrected chi connectivity index (χ1v) is 7.32. The van der Waals surface area contributed by atoms with Crippen molar-refractivity contribution in [3.05, 3.63) is 29.0 Å². The molecule has 1 rings (SSSR count). The number of carbonyl (C=O) groups excluding carboxylic acids is 1. The Morgan fingerprint density at radius 3 is 2.67 bits per heavy atom. The summed E-state index contributed by atoms with van der Waals surface area (Å²) in [6, 6.07) is 3.89. The van der Waals surface area contributed by atoms with Crippen LogP contribution >= 0.6 is 11.6 Å². The second-order valence-corrected chi connectivity index (χ2v) is 6.52. The van der Waals surface area contributed by atoms with Gasteiger partial charge in [-0.3, -0.25) is 4.90 Å². The topological polar surface area (TPSA) is 54.5 Å². The molecule has 1 atom stereocenters. The van der Waals surface area contributed by atoms with Gasteiger partial charge in [-0.25, -0.2) is 9.78 Å². The molecule has 0 spiro atoms. The highest BCUT2D eigenvalue weighted by Crippen LogP contribution is 2.09. The Labute approximate surface area is 131 Å². The predicted octanol–water partition coefficient (Wildman–Crippen LogP) is 3.08. The van der Waals surface area contributed by atoms with E-state index in [4.69, 9.17) is 16.3 Å². The van der Waals surface area contributed by atoms with Crippen LogP contribution in [0.1, 0.15) is 33.3 Å². The smallest absolute Gasteiger partial charge is 0.407 e. The number of nitrogens with zero attached hydrogens (tertiary/aromatic N) is 2. The molecule has 1 aromatic rings. The van der Waals surface area contributed by atoms with E-state index >= 15 is 0 Å². The number of hydrogen-bond acceptors (Lipinski definition) is 4. The molecule has 0 saturated heterocycles. The molecule has 0 aliphatic carbocycles. The van der Waals surface area contributed by atoms with Gasteiger partial charge in [-0.15, -0.1) is 0 Å². The molecule has 1 amide bonds. The number of aromatic nitrogens is 1. The molecule has 1 heterocycles. The van der Waals surface area contributed by atoms with Crippen LogP contribution in [0.15, 0.2) is 18.3 Å². The molecule has 1 aromatic heterocycles. The second kappa shape index (κ2) is 7.61. The molecule has 0 aliphatic rings. The van der Waals surface area contributed by atoms with Crippen LogP contribution in [0, 0.1) is 0 Å². The van der Waals surface area contributed by atoms with Gasteiger partial charge in [-0.05, 0) is 46.4 Å². The van der Waals surface area contributed by atoms with Crippen molar-refractivity contribution in [1.82, 2.24) is 15.2 Å². The van der Waals surface area contributed by atoms with Crippen LogP contribution < -0.4 is 5.32 Å². The number of nitrogens with one attached hydrogen (secondary N) is 1. The van der Waals surface area contributed by atoms with Gasteiger partial charge in [-0.2, -0.15) is 0 Å². The van der Waals surface area contributed by atoms with Crippen LogP contribution in [0.25, 0.3) is 0 Å². The minimum Gasteiger partial charge on any atom is -0.444 e. The minimum atomic E-state index is -0.478. The van der Waals surface area contributed by atoms with Gasteiger partial charge < -0.3 is 10.1 Å². The molecule has 0 radical (unpaired) electrons. The van der Waals surface area contributed by atoms with Crippen molar-refractivity contribution in [2.24, 2.45) is 0 Å². The summed E-state index contributed by atoms with van der Waals surface area (Å²) in [5.41, 5.74) is 0.597. The minimum absolute atomic E-state index is 0.174. The van der Waals surface area contributed by atoms with E-state index in [2.05, 4.69) is 15.2 Å². The number of likely N-dealkylation sites (N-methyl/N-ethyl adjacent to an activating group) is 1. The van der Waals surface area contributed by atoms with Crippen molar-refractivity contribution in [3.8, 4) is 0 Å². The van der Waals surface area contributed by atoms with Gasteiger partial charge in [0.25, 0.3) is 0 Å². The van der Waals surface area contributed by atoms with Crippen molar-refractivity contribution in [3.63, 3.8) is 0 Å². The lowest BCUT2D eigenvalue weighted by molar-refractivity contribution is 0.0512. The summed E-state index contributed by atoms with van der Waals surface area (Å²) in [7, 11) is 2.00. The Hall–Kier alpha value is -1.33. The standard InChI is InChI=1S/C15H24ClN3O2/c1-11(8-18-14(20)21-15(2,3)4)19(5)10-12-6-7-13(16)17-9-12/h6-7,9,11H,8,10H2,1-5H3,(H,18,20)/t11-/m1/s1. The number of amides is 1. The Kier molecular flexibility index (Phi) is 6.42. The van der Waals surface area contributed by atoms with Crippen LogP contribution in [0.2, 0.25) is 5.15 Å². The van der Waals surface area contributed by atoms with Gasteiger partial charge in [0.1, 0.15) is 10.8 Å². The maximum atomic E-state index is 11.6. The number of hydrogen-bond donors (Lipinski definition) is 1. The molecule has 0 fully saturated rings. The molecule has 1 N–H and O–H groups in total. The molecule has 0 unspecified atom stereocenters. The molecular weight excluding hydrogens is 290 g/mol. The summed E-state index contributed by atoms with van der Waals surface area (Å²) in [6.45, 7) is 8.83. The average molecular weight is 314 g/mol. The van der Waals surface area contributed by atoms with Crippen molar-refractivity contribution in [1.29, 1.82) is 0 Å². The lowest BCUT2D eigenvalue weighted by Gasteiger charge is -2.26. The Balaban J connectivity index is 2.39. The van der Waals surface area contributed by atoms with Crippen molar-refractivity contribution in [2.45, 2.75) is 45.9 Å². The average Bonchev–Trinajstić information content (AvgIpc) is 2.36. The van der Waals surface area contributed by atoms with Gasteiger partial charge in [-0.1, -0.05) is 17.7 Å². The van der Waals surface area contributed by atoms with Crippen molar-refractivity contribution < 1.29 is 9.53 Å². The number of alkyl carbamates (subject to hydrolysis) is 1. The fourth-order valence-electron chi connectivity index (χ4n) is 1.64. The van der Waals surface area contributed by atoms with Crippen LogP contribution in [-0.4, -0.2) is 41.2 Å². The summed E-state index contributed by atoms with van der Waals surface area (Å²) in [4.78, 5) is 17.8. The van der Waals surface area contributed by atoms with Crippen LogP contribution in [0.3, 0.4) is 0 Å². The third kappa shape index (κ3) is 7.29. The fourth-order valence-corrected chi connectivity index (χ4v) is 1.76. The van der Waals surface area contributed by atoms with Crippen LogP contribution in [0.4, 0.5) is 4.79 Å². The van der Waals surface area contributed by atoms with E-state index in [1.54, 1.807) is 12.3 Å². The lowest BCUT2D eigenvalue weighted by Crippen LogP contribution is -2.41. The van der Waals surface area contributed by atoms with Crippen LogP contribution in [0.5, 0.6) is 0 Å². The Bertz CT molecular complexity index is 457. The van der Waals surface area contributed by atoms with Crippen molar-refractivity contribution in [2.75, 3.05) is 13.6 Å². The maximum absolute atomic E-state index is 11.6. The number of carbonyl (C=O) groups is 1. The SMILES string of the molecule is C[C@H](CNC(=O)OC(C)(C)C)N(C)Cc1ccc(Cl)nc1. The Morgan fingerprint density at radius 1 is 1.48 bits per heavy atom. The highest BCUT2D eigenvalue weighted by molar-refractivity contribution is 6.29. The van der Waals surface area contributed by atoms with Crippen molar-refractivity contribution >= 4 is 17.7 Å². The van der Waals surface area contributed by atoms with E-state index in [1.807, 2.05) is 40.8 Å². The zero-order valence-electron chi connectivity index (χ0n) is 13.3. The summed E-state index contributed by atoms with van der Waals surface area (Å²) in [6.07, 6.45) is 1.36. The van der Waals surface area contributed by atoms with Crippen LogP contribution in [-0.2, 0) is 11.3 Å². The molecular formula is C15H24ClN3O2. The van der Waals surface area contributed by atoms with E-state index in [1.165, 1.54) is 0 Å². The quantitative estimate of drug-likeness (QED) is 0.849. The number of ether oxygens (including phenoxy) is 1. The van der Waals surface area contributed by atoms with Gasteiger partial charge in [0.15, 0.2) is 0 Å². The van der Waals surface area contributed by atoms with Gasteiger partial charge in [0.05, 0.1) is 0 Å². The zero-order chi connectivity index (χ0) is 16.0. The summed E-state index contributed by atoms with van der Waals surface area (Å²) in [5, 5.41) is 3.26. The van der Waals surface area contributed by atoms with E-state index in [0.717, 1.165) is 12.1 Å². The highest BCUT2D eigenvalue weighted by Gasteiger charge is 2.17. The second-order valence-electron chi connectivity index (χ2n) is 6.14. The lowest BCUT2D eigenvalue weighted by atomic mass is 10.2. The first-order valence-electron chi connectivity index (χ1n) is 6.95. The molecule has 0 aromatic carbocycles. The maximum Gasteiger partial charge on any atom is 0.407 e. The van der Waals surface area contributed by atoms with Gasteiger partial charge in [0, 0.05) is 25.3 Å². The van der Waals surface area contributed by atoms with Gasteiger partial charge in [0.2, 0.25) is 0 Å². The number of rotatable bonds is 5. The molecule has 0 bridgehead atoms. The fraction of sp³-hybridized carbons (Fsp3) is 0.600. The molecule has 0 aliphatic heterocycles. The van der Waals surface area contributed by atoms with E-state index < -0.39 is 11.7 Å². The van der Waals surface area contributed by atoms with E-state index in [9.17, 15) is 4.79 Å². The first-order chi connectivity index (χ1) is 9.67. The molecule has 21 heavy (non-hydrogen) atoms. The van der Waals surface area contributed by atoms with E-state index in [0.29, 0.717) is 11.7 Å². The number of halogens is 1. The molecule has 0 saturated carbocycles. The predicted molar refractivity (Wildman–Crippen MR) is 84.4 cm³/mol. The normalized spacial score (nSPS) is 13.1. The van der Waals surface area contributed by atoms with E-state index in [-0.39, 0.29) is 6.04 Å².